The van der Waals surface area contributed by atoms with Crippen molar-refractivity contribution in [3.8, 4) is 56.2 Å². The molecule has 0 spiro atoms. The van der Waals surface area contributed by atoms with Gasteiger partial charge >= 0.3 is 0 Å². The molecular weight excluding hydrogens is 621 g/mol. The van der Waals surface area contributed by atoms with E-state index >= 15 is 0 Å². The fraction of sp³-hybridized carbons (Fsp3) is 0.0417. The summed E-state index contributed by atoms with van der Waals surface area (Å²) in [6.07, 6.45) is 0. The fourth-order valence-electron chi connectivity index (χ4n) is 8.13. The average Bonchev–Trinajstić information content (AvgIpc) is 3.71. The summed E-state index contributed by atoms with van der Waals surface area (Å²) in [5, 5.41) is 2.13. The minimum absolute atomic E-state index is 0.285. The van der Waals surface area contributed by atoms with Crippen LogP contribution >= 0.6 is 0 Å². The van der Waals surface area contributed by atoms with Crippen LogP contribution in [0.5, 0.6) is 0 Å². The first kappa shape index (κ1) is 29.3. The number of hydrogen-bond donors (Lipinski definition) is 0. The van der Waals surface area contributed by atoms with Gasteiger partial charge in [0.05, 0.1) is 11.4 Å². The van der Waals surface area contributed by atoms with Crippen molar-refractivity contribution in [1.29, 1.82) is 0 Å². The van der Waals surface area contributed by atoms with Gasteiger partial charge in [0.15, 0.2) is 5.82 Å². The van der Waals surface area contributed by atoms with E-state index in [-0.39, 0.29) is 5.41 Å². The number of fused-ring (bicyclic) bond motifs is 6. The van der Waals surface area contributed by atoms with E-state index in [1.165, 1.54) is 27.8 Å². The number of hydrogen-bond acceptors (Lipinski definition) is 3. The molecule has 0 fully saturated rings. The first-order chi connectivity index (χ1) is 25.2. The Morgan fingerprint density at radius 3 is 1.86 bits per heavy atom. The van der Waals surface area contributed by atoms with Gasteiger partial charge < -0.3 is 4.42 Å². The highest BCUT2D eigenvalue weighted by atomic mass is 16.3. The number of nitrogens with zero attached hydrogens (tertiary/aromatic N) is 2. The predicted octanol–water partition coefficient (Wildman–Crippen LogP) is 12.4. The lowest BCUT2D eigenvalue weighted by atomic mass is 9.74. The van der Waals surface area contributed by atoms with Gasteiger partial charge in [-0.05, 0) is 70.1 Å². The van der Waals surface area contributed by atoms with E-state index in [0.29, 0.717) is 5.82 Å². The van der Waals surface area contributed by atoms with Gasteiger partial charge in [-0.25, -0.2) is 9.97 Å². The third kappa shape index (κ3) is 4.59. The molecule has 0 amide bonds. The molecule has 51 heavy (non-hydrogen) atoms. The Morgan fingerprint density at radius 1 is 0.431 bits per heavy atom. The van der Waals surface area contributed by atoms with Gasteiger partial charge in [0.25, 0.3) is 0 Å². The number of aromatic nitrogens is 2. The molecule has 1 unspecified atom stereocenters. The van der Waals surface area contributed by atoms with Gasteiger partial charge in [-0.3, -0.25) is 0 Å². The molecule has 7 aromatic carbocycles. The van der Waals surface area contributed by atoms with E-state index in [9.17, 15) is 0 Å². The molecule has 0 saturated carbocycles. The molecule has 1 atom stereocenters. The highest BCUT2D eigenvalue weighted by Crippen LogP contribution is 2.53. The van der Waals surface area contributed by atoms with Crippen molar-refractivity contribution in [2.75, 3.05) is 0 Å². The molecule has 10 rings (SSSR count). The minimum atomic E-state index is -0.285. The Balaban J connectivity index is 1.19. The molecule has 0 radical (unpaired) electrons. The Bertz CT molecular complexity index is 2760. The molecule has 0 aliphatic heterocycles. The Morgan fingerprint density at radius 2 is 1.04 bits per heavy atom. The van der Waals surface area contributed by atoms with Crippen molar-refractivity contribution in [2.24, 2.45) is 0 Å². The zero-order valence-electron chi connectivity index (χ0n) is 28.0. The number of rotatable bonds is 5. The van der Waals surface area contributed by atoms with E-state index < -0.39 is 0 Å². The van der Waals surface area contributed by atoms with Crippen LogP contribution in [0.2, 0.25) is 0 Å². The standard InChI is InChI=1S/C48H32N2O/c1-48(33-17-6-3-7-18-33)40-24-12-10-20-35(40)36-28-27-32(29-41(36)48)34-19-8-9-21-37(34)42-30-43(50-47(49-42)31-15-4-2-5-16-31)38-23-14-26-45-46(38)39-22-11-13-25-44(39)51-45/h2-30H,1H3. The molecule has 240 valence electrons. The summed E-state index contributed by atoms with van der Waals surface area (Å²) < 4.78 is 6.29. The zero-order valence-corrected chi connectivity index (χ0v) is 28.0. The summed E-state index contributed by atoms with van der Waals surface area (Å²) in [5.41, 5.74) is 15.0. The topological polar surface area (TPSA) is 38.9 Å². The minimum Gasteiger partial charge on any atom is -0.456 e. The van der Waals surface area contributed by atoms with Crippen molar-refractivity contribution in [2.45, 2.75) is 12.3 Å². The van der Waals surface area contributed by atoms with Crippen LogP contribution in [0.4, 0.5) is 0 Å². The van der Waals surface area contributed by atoms with Gasteiger partial charge in [0.2, 0.25) is 0 Å². The van der Waals surface area contributed by atoms with Crippen LogP contribution < -0.4 is 0 Å². The van der Waals surface area contributed by atoms with Crippen molar-refractivity contribution in [3.63, 3.8) is 0 Å². The monoisotopic (exact) mass is 652 g/mol. The highest BCUT2D eigenvalue weighted by Gasteiger charge is 2.40. The molecule has 2 heterocycles. The third-order valence-corrected chi connectivity index (χ3v) is 10.6. The summed E-state index contributed by atoms with van der Waals surface area (Å²) in [4.78, 5) is 10.5. The van der Waals surface area contributed by atoms with Gasteiger partial charge in [0.1, 0.15) is 11.2 Å². The molecule has 0 bridgehead atoms. The molecule has 0 saturated heterocycles. The van der Waals surface area contributed by atoms with Crippen LogP contribution in [0.1, 0.15) is 23.6 Å². The Labute approximate surface area is 296 Å². The average molecular weight is 653 g/mol. The Hall–Kier alpha value is -6.58. The zero-order chi connectivity index (χ0) is 33.9. The molecule has 1 aliphatic rings. The molecular formula is C48H32N2O. The van der Waals surface area contributed by atoms with E-state index in [2.05, 4.69) is 140 Å². The molecule has 0 N–H and O–H groups in total. The summed E-state index contributed by atoms with van der Waals surface area (Å²) in [5.74, 6) is 0.684. The summed E-state index contributed by atoms with van der Waals surface area (Å²) in [7, 11) is 0. The van der Waals surface area contributed by atoms with Crippen LogP contribution in [0.25, 0.3) is 78.1 Å². The quantitative estimate of drug-likeness (QED) is 0.186. The largest absolute Gasteiger partial charge is 0.456 e. The second-order valence-corrected chi connectivity index (χ2v) is 13.4. The second-order valence-electron chi connectivity index (χ2n) is 13.4. The first-order valence-electron chi connectivity index (χ1n) is 17.4. The summed E-state index contributed by atoms with van der Waals surface area (Å²) in [6, 6.07) is 62.1. The highest BCUT2D eigenvalue weighted by molar-refractivity contribution is 6.12. The lowest BCUT2D eigenvalue weighted by Gasteiger charge is -2.28. The van der Waals surface area contributed by atoms with Gasteiger partial charge in [-0.15, -0.1) is 0 Å². The normalized spacial score (nSPS) is 14.8. The van der Waals surface area contributed by atoms with Crippen LogP contribution in [0.3, 0.4) is 0 Å². The fourth-order valence-corrected chi connectivity index (χ4v) is 8.13. The summed E-state index contributed by atoms with van der Waals surface area (Å²) in [6.45, 7) is 2.37. The maximum absolute atomic E-state index is 6.29. The molecule has 2 aromatic heterocycles. The van der Waals surface area contributed by atoms with Crippen molar-refractivity contribution < 1.29 is 4.42 Å². The lowest BCUT2D eigenvalue weighted by Crippen LogP contribution is -2.22. The first-order valence-corrected chi connectivity index (χ1v) is 17.4. The lowest BCUT2D eigenvalue weighted by molar-refractivity contribution is 0.669. The van der Waals surface area contributed by atoms with Crippen LogP contribution in [-0.4, -0.2) is 9.97 Å². The van der Waals surface area contributed by atoms with E-state index in [4.69, 9.17) is 14.4 Å². The Kier molecular flexibility index (Phi) is 6.62. The second kappa shape index (κ2) is 11.5. The molecule has 9 aromatic rings. The molecule has 3 heteroatoms. The van der Waals surface area contributed by atoms with Crippen molar-refractivity contribution in [3.05, 3.63) is 193 Å². The molecule has 1 aliphatic carbocycles. The third-order valence-electron chi connectivity index (χ3n) is 10.6. The predicted molar refractivity (Wildman–Crippen MR) is 208 cm³/mol. The smallest absolute Gasteiger partial charge is 0.160 e. The van der Waals surface area contributed by atoms with Gasteiger partial charge in [-0.1, -0.05) is 152 Å². The van der Waals surface area contributed by atoms with E-state index in [0.717, 1.165) is 61.1 Å². The maximum Gasteiger partial charge on any atom is 0.160 e. The number of furan rings is 1. The summed E-state index contributed by atoms with van der Waals surface area (Å²) >= 11 is 0. The maximum atomic E-state index is 6.29. The van der Waals surface area contributed by atoms with Gasteiger partial charge in [0, 0.05) is 32.9 Å². The molecule has 3 nitrogen and oxygen atoms in total. The van der Waals surface area contributed by atoms with Gasteiger partial charge in [-0.2, -0.15) is 0 Å². The van der Waals surface area contributed by atoms with Crippen molar-refractivity contribution in [1.82, 2.24) is 9.97 Å². The SMILES string of the molecule is CC1(c2ccccc2)c2ccccc2-c2ccc(-c3ccccc3-c3cc(-c4cccc5oc6ccccc6c45)nc(-c4ccccc4)n3)cc21. The van der Waals surface area contributed by atoms with Crippen molar-refractivity contribution >= 4 is 21.9 Å². The van der Waals surface area contributed by atoms with Crippen LogP contribution in [0.15, 0.2) is 180 Å². The van der Waals surface area contributed by atoms with Crippen LogP contribution in [-0.2, 0) is 5.41 Å². The van der Waals surface area contributed by atoms with E-state index in [1.54, 1.807) is 0 Å². The van der Waals surface area contributed by atoms with E-state index in [1.807, 2.05) is 42.5 Å². The number of para-hydroxylation sites is 1. The number of benzene rings is 7. The van der Waals surface area contributed by atoms with Crippen LogP contribution in [0, 0.1) is 0 Å².